The van der Waals surface area contributed by atoms with Gasteiger partial charge in [0.2, 0.25) is 0 Å². The monoisotopic (exact) mass is 402 g/mol. The van der Waals surface area contributed by atoms with Crippen molar-refractivity contribution in [2.75, 3.05) is 13.7 Å². The van der Waals surface area contributed by atoms with E-state index in [0.717, 1.165) is 43.5 Å². The van der Waals surface area contributed by atoms with Crippen LogP contribution in [0.25, 0.3) is 0 Å². The summed E-state index contributed by atoms with van der Waals surface area (Å²) >= 11 is 1.38. The molecule has 1 aromatic carbocycles. The van der Waals surface area contributed by atoms with Crippen molar-refractivity contribution in [1.29, 1.82) is 0 Å². The summed E-state index contributed by atoms with van der Waals surface area (Å²) < 4.78 is 4.71. The van der Waals surface area contributed by atoms with Crippen LogP contribution in [-0.4, -0.2) is 35.4 Å². The maximum atomic E-state index is 13.1. The summed E-state index contributed by atoms with van der Waals surface area (Å²) in [7, 11) is 1.34. The second-order valence-electron chi connectivity index (χ2n) is 6.85. The minimum absolute atomic E-state index is 0.00737. The van der Waals surface area contributed by atoms with Crippen molar-refractivity contribution in [3.8, 4) is 0 Å². The molecule has 1 heterocycles. The minimum Gasteiger partial charge on any atom is -0.464 e. The summed E-state index contributed by atoms with van der Waals surface area (Å²) in [4.78, 5) is 30.9. The number of nitrogens with zero attached hydrogens (tertiary/aromatic N) is 2. The van der Waals surface area contributed by atoms with E-state index in [1.54, 1.807) is 5.38 Å². The summed E-state index contributed by atoms with van der Waals surface area (Å²) in [5, 5.41) is 2.42. The standard InChI is InChI=1S/C22H30N2O3S/c1-4-6-8-14-24(15-20-23-19(16-28-20)22(26)27-3)21(25)18-12-10-17(11-13-18)9-7-5-2/h10-13,16H,4-9,14-15H2,1-3H3. The second kappa shape index (κ2) is 11.6. The van der Waals surface area contributed by atoms with E-state index < -0.39 is 5.97 Å². The third-order valence-electron chi connectivity index (χ3n) is 4.61. The molecule has 28 heavy (non-hydrogen) atoms. The lowest BCUT2D eigenvalue weighted by atomic mass is 10.1. The molecule has 1 aromatic heterocycles. The molecule has 0 spiro atoms. The molecule has 0 unspecified atom stereocenters. The van der Waals surface area contributed by atoms with Gasteiger partial charge in [-0.15, -0.1) is 11.3 Å². The zero-order valence-corrected chi connectivity index (χ0v) is 17.9. The van der Waals surface area contributed by atoms with Crippen molar-refractivity contribution in [1.82, 2.24) is 9.88 Å². The molecule has 0 aliphatic carbocycles. The highest BCUT2D eigenvalue weighted by molar-refractivity contribution is 7.09. The number of unbranched alkanes of at least 4 members (excludes halogenated alkanes) is 3. The van der Waals surface area contributed by atoms with Crippen LogP contribution in [0.1, 0.15) is 77.4 Å². The van der Waals surface area contributed by atoms with Crippen LogP contribution in [0.4, 0.5) is 0 Å². The maximum Gasteiger partial charge on any atom is 0.357 e. The van der Waals surface area contributed by atoms with E-state index in [4.69, 9.17) is 4.74 Å². The number of aryl methyl sites for hydroxylation is 1. The normalized spacial score (nSPS) is 10.7. The molecule has 5 nitrogen and oxygen atoms in total. The van der Waals surface area contributed by atoms with Gasteiger partial charge in [-0.05, 0) is 37.0 Å². The van der Waals surface area contributed by atoms with Gasteiger partial charge in [-0.2, -0.15) is 0 Å². The quantitative estimate of drug-likeness (QED) is 0.387. The Hall–Kier alpha value is -2.21. The first-order valence-electron chi connectivity index (χ1n) is 10.00. The van der Waals surface area contributed by atoms with E-state index in [9.17, 15) is 9.59 Å². The van der Waals surface area contributed by atoms with Crippen molar-refractivity contribution >= 4 is 23.2 Å². The fourth-order valence-electron chi connectivity index (χ4n) is 2.93. The first-order valence-corrected chi connectivity index (χ1v) is 10.9. The number of aromatic nitrogens is 1. The molecule has 0 bridgehead atoms. The molecule has 2 aromatic rings. The first kappa shape index (κ1) is 22.1. The minimum atomic E-state index is -0.450. The summed E-state index contributed by atoms with van der Waals surface area (Å²) in [5.74, 6) is -0.443. The molecule has 0 aliphatic heterocycles. The molecule has 1 amide bonds. The van der Waals surface area contributed by atoms with Gasteiger partial charge in [-0.25, -0.2) is 9.78 Å². The number of thiazole rings is 1. The second-order valence-corrected chi connectivity index (χ2v) is 7.80. The average Bonchev–Trinajstić information content (AvgIpc) is 3.19. The van der Waals surface area contributed by atoms with Crippen LogP contribution >= 0.6 is 11.3 Å². The third-order valence-corrected chi connectivity index (χ3v) is 5.44. The zero-order chi connectivity index (χ0) is 20.4. The molecule has 0 saturated carbocycles. The number of hydrogen-bond acceptors (Lipinski definition) is 5. The predicted molar refractivity (Wildman–Crippen MR) is 113 cm³/mol. The van der Waals surface area contributed by atoms with Crippen LogP contribution in [0, 0.1) is 0 Å². The molecule has 0 N–H and O–H groups in total. The fourth-order valence-corrected chi connectivity index (χ4v) is 3.71. The van der Waals surface area contributed by atoms with E-state index in [2.05, 4.69) is 18.8 Å². The fraction of sp³-hybridized carbons (Fsp3) is 0.500. The number of ether oxygens (including phenoxy) is 1. The van der Waals surface area contributed by atoms with Crippen molar-refractivity contribution < 1.29 is 14.3 Å². The summed E-state index contributed by atoms with van der Waals surface area (Å²) in [6.45, 7) is 5.40. The molecule has 6 heteroatoms. The zero-order valence-electron chi connectivity index (χ0n) is 17.1. The van der Waals surface area contributed by atoms with Gasteiger partial charge in [0.15, 0.2) is 5.69 Å². The van der Waals surface area contributed by atoms with Crippen LogP contribution in [-0.2, 0) is 17.7 Å². The maximum absolute atomic E-state index is 13.1. The van der Waals surface area contributed by atoms with E-state index in [1.165, 1.54) is 24.0 Å². The van der Waals surface area contributed by atoms with E-state index >= 15 is 0 Å². The van der Waals surface area contributed by atoms with Crippen molar-refractivity contribution in [3.05, 3.63) is 51.5 Å². The Labute approximate surface area is 171 Å². The highest BCUT2D eigenvalue weighted by Gasteiger charge is 2.19. The predicted octanol–water partition coefficient (Wildman–Crippen LogP) is 5.10. The number of methoxy groups -OCH3 is 1. The summed E-state index contributed by atoms with van der Waals surface area (Å²) in [5.41, 5.74) is 2.25. The number of carbonyl (C=O) groups is 2. The molecule has 0 atom stereocenters. The van der Waals surface area contributed by atoms with Crippen molar-refractivity contribution in [2.24, 2.45) is 0 Å². The SMILES string of the molecule is CCCCCN(Cc1nc(C(=O)OC)cs1)C(=O)c1ccc(CCCC)cc1. The molecule has 0 aliphatic rings. The smallest absolute Gasteiger partial charge is 0.357 e. The van der Waals surface area contributed by atoms with Crippen molar-refractivity contribution in [2.45, 2.75) is 58.9 Å². The van der Waals surface area contributed by atoms with Gasteiger partial charge in [0.05, 0.1) is 13.7 Å². The molecular weight excluding hydrogens is 372 g/mol. The van der Waals surface area contributed by atoms with Gasteiger partial charge in [-0.1, -0.05) is 45.2 Å². The highest BCUT2D eigenvalue weighted by atomic mass is 32.1. The van der Waals surface area contributed by atoms with Gasteiger partial charge < -0.3 is 9.64 Å². The third kappa shape index (κ3) is 6.44. The van der Waals surface area contributed by atoms with Crippen molar-refractivity contribution in [3.63, 3.8) is 0 Å². The number of rotatable bonds is 11. The lowest BCUT2D eigenvalue weighted by Gasteiger charge is -2.22. The largest absolute Gasteiger partial charge is 0.464 e. The number of amides is 1. The molecule has 2 rings (SSSR count). The van der Waals surface area contributed by atoms with E-state index in [-0.39, 0.29) is 5.91 Å². The Morgan fingerprint density at radius 3 is 2.43 bits per heavy atom. The van der Waals surface area contributed by atoms with Crippen LogP contribution < -0.4 is 0 Å². The molecule has 0 radical (unpaired) electrons. The number of esters is 1. The Morgan fingerprint density at radius 2 is 1.79 bits per heavy atom. The van der Waals surface area contributed by atoms with Crippen LogP contribution in [0.5, 0.6) is 0 Å². The Balaban J connectivity index is 2.11. The van der Waals surface area contributed by atoms with Gasteiger partial charge in [0.25, 0.3) is 5.91 Å². The molecule has 0 saturated heterocycles. The van der Waals surface area contributed by atoms with Crippen LogP contribution in [0.15, 0.2) is 29.6 Å². The van der Waals surface area contributed by atoms with E-state index in [1.807, 2.05) is 29.2 Å². The van der Waals surface area contributed by atoms with E-state index in [0.29, 0.717) is 24.3 Å². The average molecular weight is 403 g/mol. The van der Waals surface area contributed by atoms with Gasteiger partial charge in [-0.3, -0.25) is 4.79 Å². The number of carbonyl (C=O) groups excluding carboxylic acids is 2. The molecular formula is C22H30N2O3S. The lowest BCUT2D eigenvalue weighted by Crippen LogP contribution is -2.31. The number of hydrogen-bond donors (Lipinski definition) is 0. The Bertz CT molecular complexity index is 755. The topological polar surface area (TPSA) is 59.5 Å². The van der Waals surface area contributed by atoms with Gasteiger partial charge >= 0.3 is 5.97 Å². The highest BCUT2D eigenvalue weighted by Crippen LogP contribution is 2.17. The molecule has 0 fully saturated rings. The van der Waals surface area contributed by atoms with Crippen LogP contribution in [0.3, 0.4) is 0 Å². The Morgan fingerprint density at radius 1 is 1.07 bits per heavy atom. The molecule has 152 valence electrons. The summed E-state index contributed by atoms with van der Waals surface area (Å²) in [6.07, 6.45) is 6.48. The summed E-state index contributed by atoms with van der Waals surface area (Å²) in [6, 6.07) is 7.93. The van der Waals surface area contributed by atoms with Gasteiger partial charge in [0.1, 0.15) is 5.01 Å². The first-order chi connectivity index (χ1) is 13.6. The lowest BCUT2D eigenvalue weighted by molar-refractivity contribution is 0.0594. The Kier molecular flexibility index (Phi) is 9.14. The van der Waals surface area contributed by atoms with Gasteiger partial charge in [0, 0.05) is 17.5 Å². The van der Waals surface area contributed by atoms with Crippen LogP contribution in [0.2, 0.25) is 0 Å². The number of benzene rings is 1.